The van der Waals surface area contributed by atoms with Crippen LogP contribution in [-0.4, -0.2) is 75.5 Å². The molecule has 2 unspecified atom stereocenters. The normalized spacial score (nSPS) is 18.5. The average molecular weight is 650 g/mol. The molecular formula is C29H32ClN3O8S2. The molecule has 0 aliphatic carbocycles. The number of hydrogen-bond donors (Lipinski definition) is 0. The van der Waals surface area contributed by atoms with Crippen LogP contribution in [-0.2, 0) is 40.1 Å². The molecule has 0 saturated carbocycles. The highest BCUT2D eigenvalue weighted by Crippen LogP contribution is 2.45. The molecule has 1 amide bonds. The Hall–Kier alpha value is -3.42. The number of β-lactam (4-membered cyclic amide) rings is 1. The quantitative estimate of drug-likeness (QED) is 0.108. The summed E-state index contributed by atoms with van der Waals surface area (Å²) in [7, 11) is 1.56. The number of carbonyl (C=O) groups excluding carboxylic acids is 4. The van der Waals surface area contributed by atoms with Crippen LogP contribution >= 0.6 is 34.7 Å². The molecule has 4 rings (SSSR count). The van der Waals surface area contributed by atoms with Gasteiger partial charge in [-0.15, -0.1) is 34.7 Å². The molecule has 1 fully saturated rings. The summed E-state index contributed by atoms with van der Waals surface area (Å²) in [6, 6.07) is 7.07. The number of ether oxygens (including phenoxy) is 3. The number of nitrogens with zero attached hydrogens (tertiary/aromatic N) is 3. The Morgan fingerprint density at radius 2 is 1.91 bits per heavy atom. The van der Waals surface area contributed by atoms with E-state index in [1.54, 1.807) is 64.5 Å². The zero-order chi connectivity index (χ0) is 31.3. The van der Waals surface area contributed by atoms with E-state index in [0.29, 0.717) is 22.1 Å². The molecule has 0 N–H and O–H groups in total. The van der Waals surface area contributed by atoms with Gasteiger partial charge in [0.15, 0.2) is 11.5 Å². The van der Waals surface area contributed by atoms with Crippen molar-refractivity contribution in [3.8, 4) is 5.75 Å². The maximum atomic E-state index is 13.4. The van der Waals surface area contributed by atoms with Gasteiger partial charge in [0, 0.05) is 23.4 Å². The Balaban J connectivity index is 1.45. The summed E-state index contributed by atoms with van der Waals surface area (Å²) in [6.07, 6.45) is -0.192. The van der Waals surface area contributed by atoms with Gasteiger partial charge in [-0.25, -0.2) is 14.6 Å². The van der Waals surface area contributed by atoms with Crippen LogP contribution in [0.2, 0.25) is 0 Å². The fourth-order valence-electron chi connectivity index (χ4n) is 4.38. The van der Waals surface area contributed by atoms with Crippen molar-refractivity contribution in [3.05, 3.63) is 57.2 Å². The first-order valence-electron chi connectivity index (χ1n) is 13.3. The number of ketones is 1. The largest absolute Gasteiger partial charge is 0.497 e. The topological polar surface area (TPSA) is 134 Å². The van der Waals surface area contributed by atoms with E-state index in [9.17, 15) is 19.2 Å². The minimum absolute atomic E-state index is 0.000173. The van der Waals surface area contributed by atoms with Crippen LogP contribution in [0.15, 0.2) is 46.1 Å². The number of alkyl halides is 1. The summed E-state index contributed by atoms with van der Waals surface area (Å²) in [6.45, 7) is 6.45. The number of methoxy groups -OCH3 is 1. The number of fused-ring (bicyclic) bond motifs is 1. The van der Waals surface area contributed by atoms with Crippen molar-refractivity contribution in [2.45, 2.75) is 51.7 Å². The lowest BCUT2D eigenvalue weighted by Gasteiger charge is -2.49. The molecule has 0 radical (unpaired) electrons. The minimum atomic E-state index is -0.713. The van der Waals surface area contributed by atoms with E-state index < -0.39 is 47.1 Å². The van der Waals surface area contributed by atoms with Crippen molar-refractivity contribution in [3.63, 3.8) is 0 Å². The second-order valence-electron chi connectivity index (χ2n) is 10.7. The van der Waals surface area contributed by atoms with E-state index in [4.69, 9.17) is 30.6 Å². The lowest BCUT2D eigenvalue weighted by molar-refractivity contribution is -0.160. The van der Waals surface area contributed by atoms with Crippen LogP contribution < -0.4 is 4.74 Å². The summed E-state index contributed by atoms with van der Waals surface area (Å²) in [5, 5.41) is 5.81. The number of thiazole rings is 1. The summed E-state index contributed by atoms with van der Waals surface area (Å²) < 4.78 is 15.9. The van der Waals surface area contributed by atoms with Crippen LogP contribution in [0.5, 0.6) is 5.75 Å². The summed E-state index contributed by atoms with van der Waals surface area (Å²) >= 11 is 8.88. The fourth-order valence-corrected chi connectivity index (χ4v) is 6.72. The van der Waals surface area contributed by atoms with Gasteiger partial charge >= 0.3 is 11.9 Å². The van der Waals surface area contributed by atoms with Crippen LogP contribution in [0.3, 0.4) is 0 Å². The lowest BCUT2D eigenvalue weighted by atomic mass is 9.89. The molecule has 2 atom stereocenters. The van der Waals surface area contributed by atoms with Gasteiger partial charge in [0.2, 0.25) is 12.5 Å². The fraction of sp³-hybridized carbons (Fsp3) is 0.448. The van der Waals surface area contributed by atoms with Crippen molar-refractivity contribution in [2.24, 2.45) is 11.1 Å². The Labute approximate surface area is 262 Å². The molecular weight excluding hydrogens is 618 g/mol. The van der Waals surface area contributed by atoms with Gasteiger partial charge in [-0.3, -0.25) is 14.5 Å². The number of amides is 1. The van der Waals surface area contributed by atoms with Crippen LogP contribution in [0.1, 0.15) is 43.5 Å². The molecule has 43 heavy (non-hydrogen) atoms. The number of esters is 2. The number of benzene rings is 1. The van der Waals surface area contributed by atoms with E-state index in [1.807, 2.05) is 0 Å². The average Bonchev–Trinajstić information content (AvgIpc) is 3.40. The second-order valence-corrected chi connectivity index (χ2v) is 13.1. The highest BCUT2D eigenvalue weighted by molar-refractivity contribution is 8.00. The van der Waals surface area contributed by atoms with Gasteiger partial charge < -0.3 is 19.0 Å². The second kappa shape index (κ2) is 13.9. The number of Topliss-reactive ketones (excluding diaryl/α,β-unsaturated/α-hetero) is 1. The van der Waals surface area contributed by atoms with Gasteiger partial charge in [0.05, 0.1) is 23.4 Å². The van der Waals surface area contributed by atoms with Gasteiger partial charge in [-0.1, -0.05) is 17.3 Å². The number of rotatable bonds is 12. The predicted octanol–water partition coefficient (Wildman–Crippen LogP) is 4.25. The summed E-state index contributed by atoms with van der Waals surface area (Å²) in [5.41, 5.74) is 0.920. The number of oxime groups is 1. The first kappa shape index (κ1) is 32.5. The SMILES string of the molecule is COc1ccc(COC(=O)C2=C(CCl)CSC3C(CC(=O)/C(=N/OCC(=O)OC(C)(C)C)c4csc(C)n4)C(=O)N23)cc1. The Bertz CT molecular complexity index is 1450. The number of carbonyl (C=O) groups is 4. The molecule has 11 nitrogen and oxygen atoms in total. The first-order valence-corrected chi connectivity index (χ1v) is 15.8. The van der Waals surface area contributed by atoms with Gasteiger partial charge in [0.1, 0.15) is 29.3 Å². The van der Waals surface area contributed by atoms with Crippen molar-refractivity contribution in [1.82, 2.24) is 9.88 Å². The Morgan fingerprint density at radius 1 is 1.19 bits per heavy atom. The van der Waals surface area contributed by atoms with E-state index >= 15 is 0 Å². The zero-order valence-electron chi connectivity index (χ0n) is 24.4. The van der Waals surface area contributed by atoms with Crippen molar-refractivity contribution < 1.29 is 38.2 Å². The number of aryl methyl sites for hydroxylation is 1. The number of hydrogen-bond acceptors (Lipinski definition) is 12. The molecule has 1 aromatic heterocycles. The Kier molecular flexibility index (Phi) is 10.5. The van der Waals surface area contributed by atoms with Gasteiger partial charge in [0.25, 0.3) is 0 Å². The first-order chi connectivity index (χ1) is 20.4. The predicted molar refractivity (Wildman–Crippen MR) is 162 cm³/mol. The van der Waals surface area contributed by atoms with E-state index in [0.717, 1.165) is 5.56 Å². The number of thioether (sulfide) groups is 1. The lowest BCUT2D eigenvalue weighted by Crippen LogP contribution is -2.62. The third-order valence-electron chi connectivity index (χ3n) is 6.33. The van der Waals surface area contributed by atoms with Crippen molar-refractivity contribution in [1.29, 1.82) is 0 Å². The zero-order valence-corrected chi connectivity index (χ0v) is 26.8. The highest BCUT2D eigenvalue weighted by atomic mass is 35.5. The van der Waals surface area contributed by atoms with Crippen molar-refractivity contribution in [2.75, 3.05) is 25.3 Å². The summed E-state index contributed by atoms with van der Waals surface area (Å²) in [5.74, 6) is -1.77. The van der Waals surface area contributed by atoms with Crippen LogP contribution in [0, 0.1) is 12.8 Å². The molecule has 14 heteroatoms. The Morgan fingerprint density at radius 3 is 2.51 bits per heavy atom. The maximum Gasteiger partial charge on any atom is 0.355 e. The molecule has 1 aromatic carbocycles. The molecule has 2 aliphatic heterocycles. The molecule has 2 aliphatic rings. The third kappa shape index (κ3) is 7.95. The van der Waals surface area contributed by atoms with Gasteiger partial charge in [-0.05, 0) is 51.0 Å². The molecule has 1 saturated heterocycles. The molecule has 230 valence electrons. The van der Waals surface area contributed by atoms with Crippen LogP contribution in [0.4, 0.5) is 0 Å². The molecule has 3 heterocycles. The van der Waals surface area contributed by atoms with E-state index in [1.165, 1.54) is 28.0 Å². The molecule has 0 bridgehead atoms. The van der Waals surface area contributed by atoms with Crippen LogP contribution in [0.25, 0.3) is 0 Å². The van der Waals surface area contributed by atoms with E-state index in [-0.39, 0.29) is 36.0 Å². The smallest absolute Gasteiger partial charge is 0.355 e. The van der Waals surface area contributed by atoms with E-state index in [2.05, 4.69) is 10.1 Å². The van der Waals surface area contributed by atoms with Gasteiger partial charge in [-0.2, -0.15) is 0 Å². The van der Waals surface area contributed by atoms with Crippen molar-refractivity contribution >= 4 is 64.0 Å². The highest BCUT2D eigenvalue weighted by Gasteiger charge is 2.54. The third-order valence-corrected chi connectivity index (χ3v) is 8.82. The minimum Gasteiger partial charge on any atom is -0.497 e. The number of halogens is 1. The standard InChI is InChI=1S/C29H32ClN3O8S2/c1-16-31-21(15-42-16)24(32-40-13-23(35)41-29(2,3)4)22(34)10-20-26(36)33-25(18(11-30)14-43-27(20)33)28(37)39-12-17-6-8-19(38-5)9-7-17/h6-9,15,20,27H,10-14H2,1-5H3/b32-24+. The monoisotopic (exact) mass is 649 g/mol. The molecule has 2 aromatic rings. The molecule has 0 spiro atoms. The summed E-state index contributed by atoms with van der Waals surface area (Å²) in [4.78, 5) is 62.9. The maximum absolute atomic E-state index is 13.4. The number of aromatic nitrogens is 1.